The number of thiazole rings is 2. The zero-order valence-corrected chi connectivity index (χ0v) is 17.3. The first-order chi connectivity index (χ1) is 13.5. The summed E-state index contributed by atoms with van der Waals surface area (Å²) < 4.78 is 0. The molecular weight excluding hydrogens is 392 g/mol. The van der Waals surface area contributed by atoms with Gasteiger partial charge in [0, 0.05) is 24.9 Å². The van der Waals surface area contributed by atoms with Crippen molar-refractivity contribution in [1.29, 1.82) is 0 Å². The molecule has 4 rings (SSSR count). The lowest BCUT2D eigenvalue weighted by atomic mass is 10.1. The zero-order valence-electron chi connectivity index (χ0n) is 15.6. The predicted octanol–water partition coefficient (Wildman–Crippen LogP) is 3.87. The number of aromatic nitrogens is 2. The molecule has 2 amide bonds. The summed E-state index contributed by atoms with van der Waals surface area (Å²) in [6.07, 6.45) is 0.240. The predicted molar refractivity (Wildman–Crippen MR) is 111 cm³/mol. The number of likely N-dealkylation sites (tertiary alicyclic amines) is 1. The Balaban J connectivity index is 1.39. The van der Waals surface area contributed by atoms with Crippen LogP contribution in [0, 0.1) is 19.8 Å². The SMILES string of the molecule is Cc1nc(C)c(-c2csc(NC(=O)C3CC(=O)N(Cc4ccccc4)C3)n2)s1. The highest BCUT2D eigenvalue weighted by Crippen LogP contribution is 2.32. The smallest absolute Gasteiger partial charge is 0.231 e. The monoisotopic (exact) mass is 412 g/mol. The maximum Gasteiger partial charge on any atom is 0.231 e. The Labute approximate surface area is 171 Å². The molecule has 1 N–H and O–H groups in total. The van der Waals surface area contributed by atoms with E-state index in [1.807, 2.05) is 49.6 Å². The van der Waals surface area contributed by atoms with Crippen LogP contribution in [0.3, 0.4) is 0 Å². The van der Waals surface area contributed by atoms with Crippen LogP contribution >= 0.6 is 22.7 Å². The molecule has 1 atom stereocenters. The van der Waals surface area contributed by atoms with Gasteiger partial charge in [0.1, 0.15) is 0 Å². The number of hydrogen-bond acceptors (Lipinski definition) is 6. The highest BCUT2D eigenvalue weighted by Gasteiger charge is 2.34. The van der Waals surface area contributed by atoms with Gasteiger partial charge in [-0.05, 0) is 19.4 Å². The van der Waals surface area contributed by atoms with E-state index >= 15 is 0 Å². The maximum atomic E-state index is 12.6. The third-order valence-electron chi connectivity index (χ3n) is 4.67. The Morgan fingerprint density at radius 3 is 2.75 bits per heavy atom. The van der Waals surface area contributed by atoms with Gasteiger partial charge in [-0.1, -0.05) is 30.3 Å². The first kappa shape index (κ1) is 18.8. The number of carbonyl (C=O) groups excluding carboxylic acids is 2. The number of nitrogens with zero attached hydrogens (tertiary/aromatic N) is 3. The molecule has 0 aliphatic carbocycles. The van der Waals surface area contributed by atoms with Gasteiger partial charge in [-0.15, -0.1) is 22.7 Å². The zero-order chi connectivity index (χ0) is 19.7. The molecule has 1 fully saturated rings. The Morgan fingerprint density at radius 1 is 1.25 bits per heavy atom. The molecule has 28 heavy (non-hydrogen) atoms. The van der Waals surface area contributed by atoms with Gasteiger partial charge in [-0.3, -0.25) is 9.59 Å². The maximum absolute atomic E-state index is 12.6. The van der Waals surface area contributed by atoms with Gasteiger partial charge in [-0.25, -0.2) is 9.97 Å². The molecule has 8 heteroatoms. The van der Waals surface area contributed by atoms with Gasteiger partial charge in [0.2, 0.25) is 11.8 Å². The summed E-state index contributed by atoms with van der Waals surface area (Å²) in [6, 6.07) is 9.82. The fourth-order valence-electron chi connectivity index (χ4n) is 3.32. The first-order valence-electron chi connectivity index (χ1n) is 9.02. The van der Waals surface area contributed by atoms with Crippen molar-refractivity contribution in [2.45, 2.75) is 26.8 Å². The average Bonchev–Trinajstić information content (AvgIpc) is 3.36. The fourth-order valence-corrected chi connectivity index (χ4v) is 4.98. The van der Waals surface area contributed by atoms with Gasteiger partial charge in [0.15, 0.2) is 5.13 Å². The number of carbonyl (C=O) groups is 2. The molecule has 144 valence electrons. The van der Waals surface area contributed by atoms with Crippen molar-refractivity contribution in [3.63, 3.8) is 0 Å². The molecule has 0 bridgehead atoms. The van der Waals surface area contributed by atoms with Crippen LogP contribution in [-0.2, 0) is 16.1 Å². The molecule has 1 aromatic carbocycles. The second-order valence-electron chi connectivity index (χ2n) is 6.84. The average molecular weight is 413 g/mol. The number of hydrogen-bond donors (Lipinski definition) is 1. The third kappa shape index (κ3) is 3.98. The van der Waals surface area contributed by atoms with E-state index in [1.165, 1.54) is 11.3 Å². The Morgan fingerprint density at radius 2 is 2.04 bits per heavy atom. The second-order valence-corrected chi connectivity index (χ2v) is 8.90. The van der Waals surface area contributed by atoms with Gasteiger partial charge in [-0.2, -0.15) is 0 Å². The van der Waals surface area contributed by atoms with Crippen LogP contribution in [0.4, 0.5) is 5.13 Å². The van der Waals surface area contributed by atoms with Crippen molar-refractivity contribution >= 4 is 39.6 Å². The quantitative estimate of drug-likeness (QED) is 0.690. The van der Waals surface area contributed by atoms with Crippen LogP contribution in [-0.4, -0.2) is 33.2 Å². The van der Waals surface area contributed by atoms with Gasteiger partial charge in [0.05, 0.1) is 27.2 Å². The largest absolute Gasteiger partial charge is 0.338 e. The minimum Gasteiger partial charge on any atom is -0.338 e. The van der Waals surface area contributed by atoms with Crippen LogP contribution in [0.1, 0.15) is 22.7 Å². The van der Waals surface area contributed by atoms with Crippen molar-refractivity contribution in [2.24, 2.45) is 5.92 Å². The first-order valence-corrected chi connectivity index (χ1v) is 10.7. The van der Waals surface area contributed by atoms with Crippen molar-refractivity contribution in [1.82, 2.24) is 14.9 Å². The van der Waals surface area contributed by atoms with E-state index < -0.39 is 0 Å². The minimum atomic E-state index is -0.351. The lowest BCUT2D eigenvalue weighted by Gasteiger charge is -2.16. The van der Waals surface area contributed by atoms with Crippen LogP contribution in [0.5, 0.6) is 0 Å². The Bertz CT molecular complexity index is 1010. The van der Waals surface area contributed by atoms with Crippen LogP contribution in [0.2, 0.25) is 0 Å². The number of nitrogens with one attached hydrogen (secondary N) is 1. The normalized spacial score (nSPS) is 16.6. The van der Waals surface area contributed by atoms with Crippen molar-refractivity contribution in [2.75, 3.05) is 11.9 Å². The molecule has 1 unspecified atom stereocenters. The molecule has 3 heterocycles. The van der Waals surface area contributed by atoms with Crippen molar-refractivity contribution in [3.05, 3.63) is 52.0 Å². The van der Waals surface area contributed by atoms with E-state index in [4.69, 9.17) is 0 Å². The third-order valence-corrected chi connectivity index (χ3v) is 6.53. The summed E-state index contributed by atoms with van der Waals surface area (Å²) in [5.41, 5.74) is 2.84. The number of benzene rings is 1. The molecule has 0 radical (unpaired) electrons. The lowest BCUT2D eigenvalue weighted by Crippen LogP contribution is -2.28. The summed E-state index contributed by atoms with van der Waals surface area (Å²) in [6.45, 7) is 4.90. The lowest BCUT2D eigenvalue weighted by molar-refractivity contribution is -0.128. The molecule has 3 aromatic rings. The minimum absolute atomic E-state index is 0.0135. The van der Waals surface area contributed by atoms with Crippen molar-refractivity contribution < 1.29 is 9.59 Å². The summed E-state index contributed by atoms with van der Waals surface area (Å²) >= 11 is 2.99. The summed E-state index contributed by atoms with van der Waals surface area (Å²) in [5.74, 6) is -0.488. The molecule has 0 saturated carbocycles. The number of anilines is 1. The standard InChI is InChI=1S/C20H20N4O2S2/c1-12-18(28-13(2)21-12)16-11-27-20(22-16)23-19(26)15-8-17(25)24(10-15)9-14-6-4-3-5-7-14/h3-7,11,15H,8-10H2,1-2H3,(H,22,23,26). The van der Waals surface area contributed by atoms with E-state index in [1.54, 1.807) is 16.2 Å². The van der Waals surface area contributed by atoms with E-state index in [-0.39, 0.29) is 24.2 Å². The number of aryl methyl sites for hydroxylation is 2. The van der Waals surface area contributed by atoms with Gasteiger partial charge in [0.25, 0.3) is 0 Å². The van der Waals surface area contributed by atoms with Crippen LogP contribution in [0.25, 0.3) is 10.6 Å². The Hall–Kier alpha value is -2.58. The van der Waals surface area contributed by atoms with E-state index in [0.717, 1.165) is 26.8 Å². The topological polar surface area (TPSA) is 75.2 Å². The van der Waals surface area contributed by atoms with E-state index in [0.29, 0.717) is 18.2 Å². The van der Waals surface area contributed by atoms with E-state index in [9.17, 15) is 9.59 Å². The molecule has 6 nitrogen and oxygen atoms in total. The van der Waals surface area contributed by atoms with Gasteiger partial charge < -0.3 is 10.2 Å². The molecule has 1 saturated heterocycles. The number of amides is 2. The van der Waals surface area contributed by atoms with Crippen LogP contribution < -0.4 is 5.32 Å². The highest BCUT2D eigenvalue weighted by molar-refractivity contribution is 7.16. The Kier molecular flexibility index (Phi) is 5.23. The van der Waals surface area contributed by atoms with Gasteiger partial charge >= 0.3 is 0 Å². The fraction of sp³-hybridized carbons (Fsp3) is 0.300. The molecule has 1 aliphatic rings. The number of rotatable bonds is 5. The molecule has 2 aromatic heterocycles. The summed E-state index contributed by atoms with van der Waals surface area (Å²) in [5, 5.41) is 6.36. The van der Waals surface area contributed by atoms with Crippen LogP contribution in [0.15, 0.2) is 35.7 Å². The molecule has 0 spiro atoms. The molecule has 1 aliphatic heterocycles. The summed E-state index contributed by atoms with van der Waals surface area (Å²) in [7, 11) is 0. The summed E-state index contributed by atoms with van der Waals surface area (Å²) in [4.78, 5) is 36.7. The van der Waals surface area contributed by atoms with E-state index in [2.05, 4.69) is 15.3 Å². The van der Waals surface area contributed by atoms with Crippen molar-refractivity contribution in [3.8, 4) is 10.6 Å². The second kappa shape index (κ2) is 7.81. The highest BCUT2D eigenvalue weighted by atomic mass is 32.1. The molecular formula is C20H20N4O2S2.